The Morgan fingerprint density at radius 1 is 0.677 bits per heavy atom. The summed E-state index contributed by atoms with van der Waals surface area (Å²) >= 11 is 0. The van der Waals surface area contributed by atoms with Crippen LogP contribution in [0.2, 0.25) is 0 Å². The Hall–Kier alpha value is -0.740. The van der Waals surface area contributed by atoms with Crippen molar-refractivity contribution in [1.82, 2.24) is 0 Å². The SMILES string of the molecule is CCCCCCCCCCOS(=O)(=O)c1ccccc1.O=S(=O)([O-])c1ccccc1.[Na+]. The van der Waals surface area contributed by atoms with Crippen LogP contribution in [0.4, 0.5) is 0 Å². The van der Waals surface area contributed by atoms with E-state index in [9.17, 15) is 21.4 Å². The molecule has 0 aliphatic heterocycles. The molecular formula is C22H31NaO6S2. The molecule has 6 nitrogen and oxygen atoms in total. The van der Waals surface area contributed by atoms with E-state index in [0.29, 0.717) is 0 Å². The minimum absolute atomic E-state index is 0. The first kappa shape index (κ1) is 30.3. The fraction of sp³-hybridized carbons (Fsp3) is 0.455. The molecule has 0 aliphatic rings. The Labute approximate surface area is 209 Å². The van der Waals surface area contributed by atoms with Gasteiger partial charge >= 0.3 is 29.6 Å². The molecule has 2 aromatic rings. The van der Waals surface area contributed by atoms with E-state index < -0.39 is 20.2 Å². The van der Waals surface area contributed by atoms with Gasteiger partial charge in [-0.25, -0.2) is 8.42 Å². The van der Waals surface area contributed by atoms with Gasteiger partial charge in [0.1, 0.15) is 10.1 Å². The van der Waals surface area contributed by atoms with Gasteiger partial charge in [0.25, 0.3) is 10.1 Å². The second kappa shape index (κ2) is 16.8. The molecule has 0 bridgehead atoms. The van der Waals surface area contributed by atoms with Crippen molar-refractivity contribution in [3.63, 3.8) is 0 Å². The Morgan fingerprint density at radius 3 is 1.52 bits per heavy atom. The molecule has 31 heavy (non-hydrogen) atoms. The first-order valence-electron chi connectivity index (χ1n) is 10.2. The van der Waals surface area contributed by atoms with Gasteiger partial charge in [0.2, 0.25) is 0 Å². The molecule has 0 radical (unpaired) electrons. The predicted molar refractivity (Wildman–Crippen MR) is 117 cm³/mol. The predicted octanol–water partition coefficient (Wildman–Crippen LogP) is 2.13. The van der Waals surface area contributed by atoms with Gasteiger partial charge in [0.15, 0.2) is 0 Å². The van der Waals surface area contributed by atoms with Crippen LogP contribution in [0.25, 0.3) is 0 Å². The third-order valence-corrected chi connectivity index (χ3v) is 6.48. The summed E-state index contributed by atoms with van der Waals surface area (Å²) in [5.41, 5.74) is 0. The molecule has 2 aromatic carbocycles. The van der Waals surface area contributed by atoms with Crippen molar-refractivity contribution in [3.05, 3.63) is 60.7 Å². The van der Waals surface area contributed by atoms with Gasteiger partial charge in [0, 0.05) is 0 Å². The zero-order valence-electron chi connectivity index (χ0n) is 18.4. The van der Waals surface area contributed by atoms with E-state index in [-0.39, 0.29) is 46.0 Å². The van der Waals surface area contributed by atoms with Gasteiger partial charge in [-0.05, 0) is 30.7 Å². The van der Waals surface area contributed by atoms with E-state index in [1.165, 1.54) is 62.8 Å². The van der Waals surface area contributed by atoms with E-state index in [1.54, 1.807) is 36.4 Å². The molecule has 0 heterocycles. The van der Waals surface area contributed by atoms with Crippen molar-refractivity contribution >= 4 is 20.2 Å². The topological polar surface area (TPSA) is 101 Å². The minimum atomic E-state index is -4.25. The fourth-order valence-electron chi connectivity index (χ4n) is 2.65. The van der Waals surface area contributed by atoms with Crippen molar-refractivity contribution in [1.29, 1.82) is 0 Å². The van der Waals surface area contributed by atoms with Crippen LogP contribution < -0.4 is 29.6 Å². The first-order valence-corrected chi connectivity index (χ1v) is 13.0. The Kier molecular flexibility index (Phi) is 16.4. The maximum Gasteiger partial charge on any atom is 1.00 e. The van der Waals surface area contributed by atoms with Crippen LogP contribution in [-0.2, 0) is 24.4 Å². The number of benzene rings is 2. The molecule has 0 atom stereocenters. The zero-order valence-corrected chi connectivity index (χ0v) is 22.0. The molecule has 0 saturated heterocycles. The summed E-state index contributed by atoms with van der Waals surface area (Å²) in [5, 5.41) is 0. The molecule has 2 rings (SSSR count). The average Bonchev–Trinajstić information content (AvgIpc) is 2.74. The zero-order chi connectivity index (χ0) is 22.3. The van der Waals surface area contributed by atoms with Crippen molar-refractivity contribution in [2.75, 3.05) is 6.61 Å². The van der Waals surface area contributed by atoms with Crippen molar-refractivity contribution in [3.8, 4) is 0 Å². The van der Waals surface area contributed by atoms with Crippen LogP contribution in [0.15, 0.2) is 70.5 Å². The van der Waals surface area contributed by atoms with Crippen molar-refractivity contribution < 1.29 is 55.1 Å². The van der Waals surface area contributed by atoms with Gasteiger partial charge in [-0.1, -0.05) is 88.3 Å². The van der Waals surface area contributed by atoms with E-state index in [2.05, 4.69) is 6.92 Å². The van der Waals surface area contributed by atoms with Gasteiger partial charge in [-0.3, -0.25) is 4.18 Å². The van der Waals surface area contributed by atoms with Crippen LogP contribution in [0, 0.1) is 0 Å². The molecule has 168 valence electrons. The molecule has 0 fully saturated rings. The van der Waals surface area contributed by atoms with Gasteiger partial charge < -0.3 is 4.55 Å². The summed E-state index contributed by atoms with van der Waals surface area (Å²) in [5.74, 6) is 0. The van der Waals surface area contributed by atoms with Gasteiger partial charge in [-0.2, -0.15) is 8.42 Å². The largest absolute Gasteiger partial charge is 1.00 e. The van der Waals surface area contributed by atoms with Crippen molar-refractivity contribution in [2.45, 2.75) is 68.1 Å². The first-order chi connectivity index (χ1) is 14.3. The summed E-state index contributed by atoms with van der Waals surface area (Å²) in [7, 11) is -7.82. The van der Waals surface area contributed by atoms with Crippen LogP contribution in [0.1, 0.15) is 58.3 Å². The third-order valence-electron chi connectivity index (χ3n) is 4.30. The molecular weight excluding hydrogens is 447 g/mol. The normalized spacial score (nSPS) is 11.2. The van der Waals surface area contributed by atoms with E-state index in [1.807, 2.05) is 0 Å². The third kappa shape index (κ3) is 14.1. The summed E-state index contributed by atoms with van der Waals surface area (Å²) < 4.78 is 59.5. The molecule has 0 N–H and O–H groups in total. The molecule has 0 saturated carbocycles. The average molecular weight is 479 g/mol. The smallest absolute Gasteiger partial charge is 0.744 e. The second-order valence-electron chi connectivity index (χ2n) is 6.83. The van der Waals surface area contributed by atoms with Crippen LogP contribution >= 0.6 is 0 Å². The van der Waals surface area contributed by atoms with Crippen LogP contribution in [0.5, 0.6) is 0 Å². The van der Waals surface area contributed by atoms with E-state index >= 15 is 0 Å². The number of rotatable bonds is 12. The van der Waals surface area contributed by atoms with Crippen LogP contribution in [-0.4, -0.2) is 28.0 Å². The summed E-state index contributed by atoms with van der Waals surface area (Å²) in [4.78, 5) is 0.0505. The Balaban J connectivity index is 0.000000688. The molecule has 9 heteroatoms. The fourth-order valence-corrected chi connectivity index (χ4v) is 4.10. The Bertz CT molecular complexity index is 902. The number of hydrogen-bond acceptors (Lipinski definition) is 6. The maximum absolute atomic E-state index is 11.8. The van der Waals surface area contributed by atoms with Crippen LogP contribution in [0.3, 0.4) is 0 Å². The van der Waals surface area contributed by atoms with Crippen molar-refractivity contribution in [2.24, 2.45) is 0 Å². The minimum Gasteiger partial charge on any atom is -0.744 e. The summed E-state index contributed by atoms with van der Waals surface area (Å²) in [6.45, 7) is 2.50. The Morgan fingerprint density at radius 2 is 1.10 bits per heavy atom. The molecule has 0 spiro atoms. The van der Waals surface area contributed by atoms with E-state index in [4.69, 9.17) is 4.18 Å². The summed E-state index contributed by atoms with van der Waals surface area (Å²) in [6.07, 6.45) is 9.44. The maximum atomic E-state index is 11.8. The summed E-state index contributed by atoms with van der Waals surface area (Å²) in [6, 6.07) is 15.5. The molecule has 0 aromatic heterocycles. The monoisotopic (exact) mass is 478 g/mol. The second-order valence-corrected chi connectivity index (χ2v) is 9.83. The molecule has 0 unspecified atom stereocenters. The quantitative estimate of drug-likeness (QED) is 0.201. The molecule has 0 aliphatic carbocycles. The standard InChI is InChI=1S/C16H26O3S.C6H6O3S.Na/c1-2-3-4-5-6-7-8-12-15-19-20(17,18)16-13-10-9-11-14-16;7-10(8,9)6-4-2-1-3-5-6;/h9-11,13-14H,2-8,12,15H2,1H3;1-5H,(H,7,8,9);/q;;+1/p-1. The van der Waals surface area contributed by atoms with Gasteiger partial charge in [0.05, 0.1) is 16.4 Å². The van der Waals surface area contributed by atoms with Gasteiger partial charge in [-0.15, -0.1) is 0 Å². The molecule has 0 amide bonds. The van der Waals surface area contributed by atoms with E-state index in [0.717, 1.165) is 12.8 Å². The number of unbranched alkanes of at least 4 members (excludes halogenated alkanes) is 7. The number of hydrogen-bond donors (Lipinski definition) is 0.